The van der Waals surface area contributed by atoms with E-state index in [1.165, 1.54) is 140 Å². The second kappa shape index (κ2) is 28.5. The Hall–Kier alpha value is -12.5. The highest BCUT2D eigenvalue weighted by Crippen LogP contribution is 2.44. The van der Waals surface area contributed by atoms with E-state index in [0.717, 1.165) is 39.3 Å². The predicted octanol–water partition coefficient (Wildman–Crippen LogP) is 26.8. The fourth-order valence-electron chi connectivity index (χ4n) is 14.6. The molecular formula is C95H68BrN6S2+. The van der Waals surface area contributed by atoms with Gasteiger partial charge in [0.25, 0.3) is 6.21 Å². The summed E-state index contributed by atoms with van der Waals surface area (Å²) in [6.45, 7) is 0. The van der Waals surface area contributed by atoms with E-state index >= 15 is 0 Å². The molecule has 1 N–H and O–H groups in total. The molecule has 20 rings (SSSR count). The topological polar surface area (TPSA) is 52.1 Å². The van der Waals surface area contributed by atoms with Gasteiger partial charge in [-0.05, 0) is 191 Å². The van der Waals surface area contributed by atoms with Gasteiger partial charge in [-0.1, -0.05) is 217 Å². The lowest BCUT2D eigenvalue weighted by Crippen LogP contribution is -2.20. The summed E-state index contributed by atoms with van der Waals surface area (Å²) in [4.78, 5) is 6.33. The van der Waals surface area contributed by atoms with E-state index in [1.54, 1.807) is 12.4 Å². The van der Waals surface area contributed by atoms with Crippen LogP contribution in [0.25, 0.3) is 140 Å². The quantitative estimate of drug-likeness (QED) is 0.131. The minimum atomic E-state index is 0. The number of nitrogens with one attached hydrogen (secondary N) is 1. The van der Waals surface area contributed by atoms with Gasteiger partial charge in [0.1, 0.15) is 5.70 Å². The SMILES string of the molecule is Brc1ccccc1-c1cccc(-c2ccc3c(c2)c2ccccc2n3-c2ccc3sc4ccccc4c3c2)c1.C.C1=[N+]=CC(N(c2ccccc2)c2ccccc2-c2cccc(-c3ccc4c(c3)c3ccccc3n4-c3ccc4sc5ccccc5c4c3)c2)=CC1.c1ccc(Nc2cccnc2)cc1. The number of nitrogens with zero attached hydrogens (tertiary/aromatic N) is 5. The van der Waals surface area contributed by atoms with Crippen LogP contribution in [-0.2, 0) is 0 Å². The molecule has 0 amide bonds. The number of hydrogen-bond donors (Lipinski definition) is 1. The monoisotopic (exact) mass is 1440 g/mol. The molecule has 0 atom stereocenters. The van der Waals surface area contributed by atoms with Crippen LogP contribution < -0.4 is 14.9 Å². The molecule has 1 aliphatic heterocycles. The van der Waals surface area contributed by atoms with Crippen molar-refractivity contribution >= 4 is 158 Å². The number of allylic oxidation sites excluding steroid dienone is 2. The highest BCUT2D eigenvalue weighted by molar-refractivity contribution is 9.10. The molecule has 9 heteroatoms. The number of halogens is 1. The summed E-state index contributed by atoms with van der Waals surface area (Å²) in [7, 11) is 0. The Balaban J connectivity index is 0.000000133. The molecule has 0 unspecified atom stereocenters. The molecule has 0 aliphatic carbocycles. The molecule has 0 saturated heterocycles. The minimum Gasteiger partial charge on any atom is -0.354 e. The Morgan fingerprint density at radius 3 is 1.40 bits per heavy atom. The van der Waals surface area contributed by atoms with Crippen molar-refractivity contribution in [2.24, 2.45) is 0 Å². The maximum absolute atomic E-state index is 4.52. The molecule has 19 aromatic rings. The second-order valence-corrected chi connectivity index (χ2v) is 28.6. The molecule has 5 aromatic heterocycles. The van der Waals surface area contributed by atoms with E-state index in [-0.39, 0.29) is 7.43 Å². The van der Waals surface area contributed by atoms with E-state index in [9.17, 15) is 0 Å². The standard InChI is InChI=1S/C47H32N3S.C36H22BrNS.C11H10N2.CH4/c1-2-14-35(15-3-1)49(37-16-11-27-48-31-37)43-20-7-4-17-38(43)34-13-10-12-32(28-34)33-23-25-45-41(29-33)39-18-5-8-21-44(39)50(45)36-24-26-47-42(30-36)40-19-6-9-22-46(40)51-47;37-32-13-4-1-10-27(32)25-9-7-8-23(20-25)24-16-18-34-30(21-24)28-11-2-5-14-33(28)38(34)26-17-19-36-31(22-26)29-12-3-6-15-35(29)39-36;1-2-5-10(6-3-1)13-11-7-4-8-12-9-11;/h1-10,12-31H,11H2;1-22H;1-9,13H;1H4/q+1;;;. The number of fused-ring (bicyclic) bond motifs is 12. The van der Waals surface area contributed by atoms with E-state index in [4.69, 9.17) is 0 Å². The zero-order valence-electron chi connectivity index (χ0n) is 55.9. The van der Waals surface area contributed by atoms with Gasteiger partial charge in [0.2, 0.25) is 0 Å². The van der Waals surface area contributed by atoms with Crippen molar-refractivity contribution in [2.45, 2.75) is 13.8 Å². The smallest absolute Gasteiger partial charge is 0.315 e. The fraction of sp³-hybridized carbons (Fsp3) is 0.0211. The van der Waals surface area contributed by atoms with Crippen LogP contribution in [-0.4, -0.2) is 26.5 Å². The molecule has 6 nitrogen and oxygen atoms in total. The van der Waals surface area contributed by atoms with Gasteiger partial charge in [-0.15, -0.1) is 27.3 Å². The summed E-state index contributed by atoms with van der Waals surface area (Å²) in [6.07, 6.45) is 10.5. The average molecular weight is 1440 g/mol. The van der Waals surface area contributed by atoms with Crippen LogP contribution in [0.3, 0.4) is 0 Å². The number of hydrogen-bond acceptors (Lipinski definition) is 5. The Kier molecular flexibility index (Phi) is 17.8. The number of benzene rings is 14. The molecule has 0 bridgehead atoms. The first-order valence-corrected chi connectivity index (χ1v) is 37.0. The molecule has 0 radical (unpaired) electrons. The van der Waals surface area contributed by atoms with E-state index in [2.05, 4.69) is 348 Å². The first-order valence-electron chi connectivity index (χ1n) is 34.6. The Morgan fingerprint density at radius 2 is 0.837 bits per heavy atom. The summed E-state index contributed by atoms with van der Waals surface area (Å²) >= 11 is 7.44. The van der Waals surface area contributed by atoms with Crippen LogP contribution in [0.5, 0.6) is 0 Å². The van der Waals surface area contributed by atoms with Gasteiger partial charge in [-0.25, -0.2) is 0 Å². The summed E-state index contributed by atoms with van der Waals surface area (Å²) < 4.78 is 15.8. The minimum absolute atomic E-state index is 0. The third-order valence-corrected chi connectivity index (χ3v) is 22.4. The molecule has 1 aliphatic rings. The van der Waals surface area contributed by atoms with Crippen LogP contribution in [0, 0.1) is 0 Å². The first-order chi connectivity index (χ1) is 51.0. The zero-order chi connectivity index (χ0) is 68.6. The molecular weight excluding hydrogens is 1370 g/mol. The van der Waals surface area contributed by atoms with Gasteiger partial charge in [0.05, 0.1) is 46.1 Å². The molecule has 14 aromatic carbocycles. The van der Waals surface area contributed by atoms with Gasteiger partial charge in [-0.3, -0.25) is 4.98 Å². The lowest BCUT2D eigenvalue weighted by Gasteiger charge is -2.27. The van der Waals surface area contributed by atoms with Crippen molar-refractivity contribution in [1.82, 2.24) is 18.8 Å². The van der Waals surface area contributed by atoms with Crippen molar-refractivity contribution in [2.75, 3.05) is 10.2 Å². The van der Waals surface area contributed by atoms with Crippen LogP contribution in [0.2, 0.25) is 0 Å². The van der Waals surface area contributed by atoms with E-state index in [1.807, 2.05) is 77.6 Å². The summed E-state index contributed by atoms with van der Waals surface area (Å²) in [5.74, 6) is 0. The van der Waals surface area contributed by atoms with Gasteiger partial charge in [-0.2, -0.15) is 0 Å². The second-order valence-electron chi connectivity index (χ2n) is 25.6. The summed E-state index contributed by atoms with van der Waals surface area (Å²) in [5, 5.41) is 13.6. The van der Waals surface area contributed by atoms with Crippen molar-refractivity contribution < 1.29 is 0 Å². The summed E-state index contributed by atoms with van der Waals surface area (Å²) in [6, 6.07) is 122. The number of thiophene rings is 2. The Bertz CT molecular complexity index is 6480. The normalized spacial score (nSPS) is 11.8. The van der Waals surface area contributed by atoms with E-state index < -0.39 is 0 Å². The van der Waals surface area contributed by atoms with Crippen LogP contribution >= 0.6 is 38.6 Å². The highest BCUT2D eigenvalue weighted by Gasteiger charge is 2.23. The third-order valence-electron chi connectivity index (χ3n) is 19.4. The Labute approximate surface area is 620 Å². The van der Waals surface area contributed by atoms with Crippen molar-refractivity contribution in [3.05, 3.63) is 368 Å². The molecule has 496 valence electrons. The van der Waals surface area contributed by atoms with Crippen molar-refractivity contribution in [1.29, 1.82) is 0 Å². The fourth-order valence-corrected chi connectivity index (χ4v) is 17.3. The number of rotatable bonds is 11. The average Bonchev–Trinajstić information content (AvgIpc) is 1.58. The molecule has 104 heavy (non-hydrogen) atoms. The molecule has 6 heterocycles. The lowest BCUT2D eigenvalue weighted by atomic mass is 9.96. The third kappa shape index (κ3) is 12.4. The number of para-hydroxylation sites is 5. The maximum atomic E-state index is 4.52. The molecule has 0 saturated carbocycles. The van der Waals surface area contributed by atoms with Gasteiger partial charge < -0.3 is 19.4 Å². The van der Waals surface area contributed by atoms with Crippen LogP contribution in [0.4, 0.5) is 22.7 Å². The van der Waals surface area contributed by atoms with E-state index in [0.29, 0.717) is 0 Å². The number of aromatic nitrogens is 3. The summed E-state index contributed by atoms with van der Waals surface area (Å²) in [5.41, 5.74) is 22.2. The van der Waals surface area contributed by atoms with Gasteiger partial charge >= 0.3 is 6.21 Å². The van der Waals surface area contributed by atoms with Crippen LogP contribution in [0.15, 0.2) is 368 Å². The van der Waals surface area contributed by atoms with Crippen molar-refractivity contribution in [3.63, 3.8) is 0 Å². The first kappa shape index (κ1) is 64.9. The van der Waals surface area contributed by atoms with Gasteiger partial charge in [0.15, 0.2) is 0 Å². The highest BCUT2D eigenvalue weighted by atomic mass is 79.9. The Morgan fingerprint density at radius 1 is 0.365 bits per heavy atom. The number of anilines is 4. The molecule has 0 fully saturated rings. The maximum Gasteiger partial charge on any atom is 0.315 e. The van der Waals surface area contributed by atoms with Crippen molar-refractivity contribution in [3.8, 4) is 55.9 Å². The predicted molar refractivity (Wildman–Crippen MR) is 453 cm³/mol. The number of pyridine rings is 1. The largest absolute Gasteiger partial charge is 0.354 e. The lowest BCUT2D eigenvalue weighted by molar-refractivity contribution is 1.19. The van der Waals surface area contributed by atoms with Gasteiger partial charge in [0, 0.05) is 101 Å². The molecule has 0 spiro atoms. The van der Waals surface area contributed by atoms with Crippen LogP contribution in [0.1, 0.15) is 13.8 Å². The zero-order valence-corrected chi connectivity index (χ0v) is 59.1.